The molecule has 0 aromatic heterocycles. The molecule has 0 heterocycles. The summed E-state index contributed by atoms with van der Waals surface area (Å²) >= 11 is 9.78. The lowest BCUT2D eigenvalue weighted by Gasteiger charge is -1.89. The highest BCUT2D eigenvalue weighted by molar-refractivity contribution is 9.28. The summed E-state index contributed by atoms with van der Waals surface area (Å²) in [6, 6.07) is 20.2. The molecular weight excluding hydrogens is 432 g/mol. The van der Waals surface area contributed by atoms with Gasteiger partial charge in [0, 0.05) is 0 Å². The van der Waals surface area contributed by atoms with Gasteiger partial charge in [0.25, 0.3) is 0 Å². The first-order valence-electron chi connectivity index (χ1n) is 5.62. The van der Waals surface area contributed by atoms with Crippen molar-refractivity contribution in [1.29, 1.82) is 0 Å². The van der Waals surface area contributed by atoms with Gasteiger partial charge in [0.1, 0.15) is 0 Å². The predicted molar refractivity (Wildman–Crippen MR) is 96.7 cm³/mol. The van der Waals surface area contributed by atoms with Crippen LogP contribution in [0.1, 0.15) is 11.1 Å². The SMILES string of the molecule is BrC(Br)=Cc1ccccc1.BrC=Cc1ccccc1. The molecule has 0 nitrogen and oxygen atoms in total. The number of hydrogen-bond acceptors (Lipinski definition) is 0. The number of rotatable bonds is 2. The fourth-order valence-electron chi connectivity index (χ4n) is 1.31. The maximum Gasteiger partial charge on any atom is 0.0610 e. The van der Waals surface area contributed by atoms with Crippen LogP contribution in [0.15, 0.2) is 69.0 Å². The van der Waals surface area contributed by atoms with Gasteiger partial charge in [0.15, 0.2) is 0 Å². The molecule has 0 fully saturated rings. The first-order valence-corrected chi connectivity index (χ1v) is 8.12. The van der Waals surface area contributed by atoms with Gasteiger partial charge < -0.3 is 0 Å². The molecule has 98 valence electrons. The van der Waals surface area contributed by atoms with Crippen LogP contribution >= 0.6 is 47.8 Å². The van der Waals surface area contributed by atoms with Crippen LogP contribution < -0.4 is 0 Å². The molecule has 0 atom stereocenters. The Morgan fingerprint density at radius 1 is 0.737 bits per heavy atom. The smallest absolute Gasteiger partial charge is 0.0610 e. The maximum absolute atomic E-state index is 3.29. The van der Waals surface area contributed by atoms with Gasteiger partial charge in [-0.05, 0) is 60.1 Å². The Bertz CT molecular complexity index is 512. The monoisotopic (exact) mass is 442 g/mol. The van der Waals surface area contributed by atoms with Crippen LogP contribution in [-0.4, -0.2) is 0 Å². The fraction of sp³-hybridized carbons (Fsp3) is 0. The van der Waals surface area contributed by atoms with E-state index in [0.29, 0.717) is 0 Å². The summed E-state index contributed by atoms with van der Waals surface area (Å²) in [4.78, 5) is 1.85. The Balaban J connectivity index is 0.000000191. The van der Waals surface area contributed by atoms with Crippen LogP contribution in [-0.2, 0) is 0 Å². The van der Waals surface area contributed by atoms with Crippen LogP contribution in [0.2, 0.25) is 0 Å². The molecule has 0 N–H and O–H groups in total. The van der Waals surface area contributed by atoms with E-state index < -0.39 is 0 Å². The van der Waals surface area contributed by atoms with Crippen molar-refractivity contribution >= 4 is 59.9 Å². The highest BCUT2D eigenvalue weighted by Gasteiger charge is 1.84. The van der Waals surface area contributed by atoms with E-state index in [1.807, 2.05) is 65.7 Å². The molecule has 19 heavy (non-hydrogen) atoms. The van der Waals surface area contributed by atoms with Crippen LogP contribution in [0.4, 0.5) is 0 Å². The quantitative estimate of drug-likeness (QED) is 0.476. The molecule has 2 aromatic carbocycles. The van der Waals surface area contributed by atoms with Gasteiger partial charge in [0.2, 0.25) is 0 Å². The molecule has 0 radical (unpaired) electrons. The molecule has 2 aromatic rings. The Hall–Kier alpha value is -0.640. The van der Waals surface area contributed by atoms with Gasteiger partial charge in [-0.25, -0.2) is 0 Å². The molecule has 0 aliphatic heterocycles. The summed E-state index contributed by atoms with van der Waals surface area (Å²) in [5.74, 6) is 0. The first-order chi connectivity index (χ1) is 9.22. The summed E-state index contributed by atoms with van der Waals surface area (Å²) in [6.07, 6.45) is 4.00. The Labute approximate surface area is 139 Å². The zero-order valence-corrected chi connectivity index (χ0v) is 14.9. The third kappa shape index (κ3) is 8.19. The second-order valence-electron chi connectivity index (χ2n) is 3.55. The molecule has 2 rings (SSSR count). The average Bonchev–Trinajstić information content (AvgIpc) is 2.41. The lowest BCUT2D eigenvalue weighted by molar-refractivity contribution is 1.66. The van der Waals surface area contributed by atoms with Crippen molar-refractivity contribution in [3.63, 3.8) is 0 Å². The molecule has 0 aliphatic carbocycles. The van der Waals surface area contributed by atoms with Crippen LogP contribution in [0.3, 0.4) is 0 Å². The summed E-state index contributed by atoms with van der Waals surface area (Å²) in [5, 5.41) is 0. The maximum atomic E-state index is 3.29. The van der Waals surface area contributed by atoms with Crippen molar-refractivity contribution in [1.82, 2.24) is 0 Å². The lowest BCUT2D eigenvalue weighted by Crippen LogP contribution is -1.66. The minimum absolute atomic E-state index is 0.964. The topological polar surface area (TPSA) is 0 Å². The highest BCUT2D eigenvalue weighted by atomic mass is 79.9. The van der Waals surface area contributed by atoms with Gasteiger partial charge >= 0.3 is 0 Å². The number of hydrogen-bond donors (Lipinski definition) is 0. The molecular formula is C16H13Br3. The van der Waals surface area contributed by atoms with E-state index in [1.165, 1.54) is 11.1 Å². The molecule has 3 heteroatoms. The van der Waals surface area contributed by atoms with E-state index in [0.717, 1.165) is 3.39 Å². The summed E-state index contributed by atoms with van der Waals surface area (Å²) < 4.78 is 0.964. The van der Waals surface area contributed by atoms with Gasteiger partial charge in [-0.3, -0.25) is 0 Å². The van der Waals surface area contributed by atoms with Crippen molar-refractivity contribution in [3.8, 4) is 0 Å². The normalized spacial score (nSPS) is 9.63. The van der Waals surface area contributed by atoms with Crippen molar-refractivity contribution in [2.24, 2.45) is 0 Å². The van der Waals surface area contributed by atoms with Gasteiger partial charge in [0.05, 0.1) is 3.39 Å². The van der Waals surface area contributed by atoms with E-state index in [1.54, 1.807) is 0 Å². The molecule has 0 amide bonds. The predicted octanol–water partition coefficient (Wildman–Crippen LogP) is 6.83. The minimum atomic E-state index is 0.964. The van der Waals surface area contributed by atoms with Gasteiger partial charge in [-0.1, -0.05) is 76.6 Å². The van der Waals surface area contributed by atoms with E-state index in [9.17, 15) is 0 Å². The number of halogens is 3. The average molecular weight is 445 g/mol. The molecule has 0 saturated heterocycles. The zero-order valence-electron chi connectivity index (χ0n) is 10.1. The van der Waals surface area contributed by atoms with Crippen molar-refractivity contribution in [3.05, 3.63) is 80.2 Å². The fourth-order valence-corrected chi connectivity index (χ4v) is 2.15. The highest BCUT2D eigenvalue weighted by Crippen LogP contribution is 2.17. The van der Waals surface area contributed by atoms with Crippen LogP contribution in [0.5, 0.6) is 0 Å². The Morgan fingerprint density at radius 3 is 1.63 bits per heavy atom. The lowest BCUT2D eigenvalue weighted by atomic mass is 10.2. The Morgan fingerprint density at radius 2 is 1.21 bits per heavy atom. The third-order valence-electron chi connectivity index (χ3n) is 2.13. The minimum Gasteiger partial charge on any atom is -0.0622 e. The molecule has 0 aliphatic rings. The second kappa shape index (κ2) is 10.2. The van der Waals surface area contributed by atoms with Crippen LogP contribution in [0, 0.1) is 0 Å². The van der Waals surface area contributed by atoms with E-state index in [-0.39, 0.29) is 0 Å². The molecule has 0 unspecified atom stereocenters. The van der Waals surface area contributed by atoms with Crippen molar-refractivity contribution < 1.29 is 0 Å². The Kier molecular flexibility index (Phi) is 8.80. The summed E-state index contributed by atoms with van der Waals surface area (Å²) in [6.45, 7) is 0. The summed E-state index contributed by atoms with van der Waals surface area (Å²) in [5.41, 5.74) is 2.40. The third-order valence-corrected chi connectivity index (χ3v) is 2.85. The molecule has 0 bridgehead atoms. The second-order valence-corrected chi connectivity index (χ2v) is 6.85. The van der Waals surface area contributed by atoms with Gasteiger partial charge in [-0.2, -0.15) is 0 Å². The zero-order chi connectivity index (χ0) is 13.9. The van der Waals surface area contributed by atoms with Crippen LogP contribution in [0.25, 0.3) is 12.2 Å². The number of benzene rings is 2. The van der Waals surface area contributed by atoms with E-state index in [4.69, 9.17) is 0 Å². The van der Waals surface area contributed by atoms with Crippen molar-refractivity contribution in [2.75, 3.05) is 0 Å². The van der Waals surface area contributed by atoms with Crippen molar-refractivity contribution in [2.45, 2.75) is 0 Å². The molecule has 0 saturated carbocycles. The summed E-state index contributed by atoms with van der Waals surface area (Å²) in [7, 11) is 0. The molecule has 0 spiro atoms. The first kappa shape index (κ1) is 16.4. The van der Waals surface area contributed by atoms with E-state index >= 15 is 0 Å². The largest absolute Gasteiger partial charge is 0.0622 e. The standard InChI is InChI=1S/C8H6Br2.C8H7Br/c9-8(10)6-7-4-2-1-3-5-7;9-7-6-8-4-2-1-3-5-8/h1-6H;1-7H. The van der Waals surface area contributed by atoms with Gasteiger partial charge in [-0.15, -0.1) is 0 Å². The van der Waals surface area contributed by atoms with E-state index in [2.05, 4.69) is 59.9 Å².